The first-order chi connectivity index (χ1) is 7.72. The standard InChI is InChI=1S/C10H14N4O2.ClH/c15-14(16)10-5-11-13(6-10)9-3-7-1-2-8(4-9)12-7;/h5-9,12H,1-4H2;1H/t7-,8?,9+;/m0./s1. The average Bonchev–Trinajstić information content (AvgIpc) is 2.85. The molecule has 2 aliphatic heterocycles. The van der Waals surface area contributed by atoms with E-state index in [-0.39, 0.29) is 23.0 Å². The van der Waals surface area contributed by atoms with Crippen LogP contribution >= 0.6 is 12.4 Å². The average molecular weight is 259 g/mol. The third-order valence-electron chi connectivity index (χ3n) is 3.62. The van der Waals surface area contributed by atoms with Gasteiger partial charge in [-0.1, -0.05) is 0 Å². The summed E-state index contributed by atoms with van der Waals surface area (Å²) in [4.78, 5) is 10.2. The highest BCUT2D eigenvalue weighted by atomic mass is 35.5. The summed E-state index contributed by atoms with van der Waals surface area (Å²) in [5.74, 6) is 0. The maximum atomic E-state index is 10.6. The van der Waals surface area contributed by atoms with Crippen LogP contribution in [-0.4, -0.2) is 26.8 Å². The van der Waals surface area contributed by atoms with E-state index in [1.54, 1.807) is 10.9 Å². The molecule has 2 aliphatic rings. The molecule has 1 unspecified atom stereocenters. The molecule has 3 heterocycles. The van der Waals surface area contributed by atoms with Crippen molar-refractivity contribution in [3.63, 3.8) is 0 Å². The van der Waals surface area contributed by atoms with Crippen molar-refractivity contribution in [2.45, 2.75) is 43.8 Å². The molecule has 0 saturated carbocycles. The van der Waals surface area contributed by atoms with E-state index < -0.39 is 0 Å². The molecule has 94 valence electrons. The fourth-order valence-corrected chi connectivity index (χ4v) is 2.87. The van der Waals surface area contributed by atoms with Gasteiger partial charge < -0.3 is 5.32 Å². The first-order valence-corrected chi connectivity index (χ1v) is 5.67. The lowest BCUT2D eigenvalue weighted by atomic mass is 10.0. The van der Waals surface area contributed by atoms with Gasteiger partial charge in [0.05, 0.1) is 11.0 Å². The van der Waals surface area contributed by atoms with E-state index in [2.05, 4.69) is 10.4 Å². The molecular formula is C10H15ClN4O2. The van der Waals surface area contributed by atoms with Crippen LogP contribution in [0.2, 0.25) is 0 Å². The zero-order chi connectivity index (χ0) is 11.1. The molecule has 2 fully saturated rings. The molecular weight excluding hydrogens is 244 g/mol. The van der Waals surface area contributed by atoms with Gasteiger partial charge in [0.1, 0.15) is 12.4 Å². The molecule has 17 heavy (non-hydrogen) atoms. The maximum absolute atomic E-state index is 10.6. The van der Waals surface area contributed by atoms with Gasteiger partial charge in [-0.3, -0.25) is 14.8 Å². The SMILES string of the molecule is Cl.O=[N+]([O-])c1cnn([C@H]2CC3CC[C@@H](C2)N3)c1. The zero-order valence-corrected chi connectivity index (χ0v) is 10.1. The van der Waals surface area contributed by atoms with Crippen LogP contribution in [0.4, 0.5) is 5.69 Å². The van der Waals surface area contributed by atoms with Crippen molar-refractivity contribution in [1.29, 1.82) is 0 Å². The molecule has 0 aliphatic carbocycles. The van der Waals surface area contributed by atoms with Crippen LogP contribution in [0, 0.1) is 10.1 Å². The lowest BCUT2D eigenvalue weighted by Crippen LogP contribution is -2.38. The summed E-state index contributed by atoms with van der Waals surface area (Å²) in [6.45, 7) is 0. The summed E-state index contributed by atoms with van der Waals surface area (Å²) in [5.41, 5.74) is 0.0888. The van der Waals surface area contributed by atoms with Crippen molar-refractivity contribution in [2.75, 3.05) is 0 Å². The minimum absolute atomic E-state index is 0. The Morgan fingerprint density at radius 3 is 2.59 bits per heavy atom. The van der Waals surface area contributed by atoms with Crippen LogP contribution in [0.15, 0.2) is 12.4 Å². The van der Waals surface area contributed by atoms with E-state index in [1.165, 1.54) is 19.0 Å². The number of nitrogens with zero attached hydrogens (tertiary/aromatic N) is 3. The lowest BCUT2D eigenvalue weighted by Gasteiger charge is -2.28. The summed E-state index contributed by atoms with van der Waals surface area (Å²) in [6, 6.07) is 1.48. The summed E-state index contributed by atoms with van der Waals surface area (Å²) in [5, 5.41) is 18.2. The Morgan fingerprint density at radius 2 is 2.06 bits per heavy atom. The quantitative estimate of drug-likeness (QED) is 0.647. The minimum atomic E-state index is -0.390. The lowest BCUT2D eigenvalue weighted by molar-refractivity contribution is -0.385. The van der Waals surface area contributed by atoms with E-state index in [0.717, 1.165) is 12.8 Å². The summed E-state index contributed by atoms with van der Waals surface area (Å²) in [7, 11) is 0. The highest BCUT2D eigenvalue weighted by Gasteiger charge is 2.34. The first kappa shape index (κ1) is 12.3. The Bertz CT molecular complexity index is 410. The van der Waals surface area contributed by atoms with E-state index in [4.69, 9.17) is 0 Å². The molecule has 1 aromatic heterocycles. The second-order valence-electron chi connectivity index (χ2n) is 4.70. The zero-order valence-electron chi connectivity index (χ0n) is 9.28. The molecule has 7 heteroatoms. The van der Waals surface area contributed by atoms with Crippen molar-refractivity contribution in [1.82, 2.24) is 15.1 Å². The van der Waals surface area contributed by atoms with Gasteiger partial charge in [0.2, 0.25) is 0 Å². The van der Waals surface area contributed by atoms with Crippen molar-refractivity contribution >= 4 is 18.1 Å². The van der Waals surface area contributed by atoms with Crippen molar-refractivity contribution in [3.05, 3.63) is 22.5 Å². The molecule has 3 rings (SSSR count). The van der Waals surface area contributed by atoms with Crippen molar-refractivity contribution in [3.8, 4) is 0 Å². The van der Waals surface area contributed by atoms with Crippen LogP contribution in [0.5, 0.6) is 0 Å². The van der Waals surface area contributed by atoms with Crippen molar-refractivity contribution in [2.24, 2.45) is 0 Å². The molecule has 3 atom stereocenters. The molecule has 0 aromatic carbocycles. The molecule has 1 N–H and O–H groups in total. The molecule has 2 saturated heterocycles. The number of hydrogen-bond donors (Lipinski definition) is 1. The number of nitro groups is 1. The Kier molecular flexibility index (Phi) is 3.35. The van der Waals surface area contributed by atoms with Crippen LogP contribution < -0.4 is 5.32 Å². The molecule has 0 radical (unpaired) electrons. The highest BCUT2D eigenvalue weighted by molar-refractivity contribution is 5.85. The number of nitrogens with one attached hydrogen (secondary N) is 1. The minimum Gasteiger partial charge on any atom is -0.311 e. The number of aromatic nitrogens is 2. The summed E-state index contributed by atoms with van der Waals surface area (Å²) >= 11 is 0. The Morgan fingerprint density at radius 1 is 1.41 bits per heavy atom. The second-order valence-corrected chi connectivity index (χ2v) is 4.70. The summed E-state index contributed by atoms with van der Waals surface area (Å²) in [6.07, 6.45) is 7.42. The van der Waals surface area contributed by atoms with Crippen molar-refractivity contribution < 1.29 is 4.92 Å². The van der Waals surface area contributed by atoms with Crippen LogP contribution in [0.1, 0.15) is 31.7 Å². The van der Waals surface area contributed by atoms with Gasteiger partial charge in [0.15, 0.2) is 0 Å². The van der Waals surface area contributed by atoms with Crippen LogP contribution in [0.3, 0.4) is 0 Å². The normalized spacial score (nSPS) is 30.9. The topological polar surface area (TPSA) is 73.0 Å². The maximum Gasteiger partial charge on any atom is 0.307 e. The van der Waals surface area contributed by atoms with Crippen LogP contribution in [-0.2, 0) is 0 Å². The van der Waals surface area contributed by atoms with Crippen LogP contribution in [0.25, 0.3) is 0 Å². The predicted octanol–water partition coefficient (Wildman–Crippen LogP) is 1.67. The largest absolute Gasteiger partial charge is 0.311 e. The Balaban J connectivity index is 0.00000108. The highest BCUT2D eigenvalue weighted by Crippen LogP contribution is 2.33. The second kappa shape index (κ2) is 4.62. The third-order valence-corrected chi connectivity index (χ3v) is 3.62. The van der Waals surface area contributed by atoms with Gasteiger partial charge >= 0.3 is 5.69 Å². The van der Waals surface area contributed by atoms with E-state index in [0.29, 0.717) is 18.1 Å². The Labute approximate surface area is 105 Å². The first-order valence-electron chi connectivity index (χ1n) is 5.67. The molecule has 1 aromatic rings. The molecule has 0 spiro atoms. The molecule has 2 bridgehead atoms. The monoisotopic (exact) mass is 258 g/mol. The number of halogens is 1. The number of hydrogen-bond acceptors (Lipinski definition) is 4. The fourth-order valence-electron chi connectivity index (χ4n) is 2.87. The van der Waals surface area contributed by atoms with Gasteiger partial charge in [0.25, 0.3) is 0 Å². The van der Waals surface area contributed by atoms with E-state index in [9.17, 15) is 10.1 Å². The van der Waals surface area contributed by atoms with Gasteiger partial charge in [-0.2, -0.15) is 5.10 Å². The van der Waals surface area contributed by atoms with E-state index >= 15 is 0 Å². The number of rotatable bonds is 2. The fraction of sp³-hybridized carbons (Fsp3) is 0.700. The predicted molar refractivity (Wildman–Crippen MR) is 64.3 cm³/mol. The van der Waals surface area contributed by atoms with Gasteiger partial charge in [-0.15, -0.1) is 12.4 Å². The third kappa shape index (κ3) is 2.28. The number of piperidine rings is 1. The smallest absolute Gasteiger partial charge is 0.307 e. The van der Waals surface area contributed by atoms with Gasteiger partial charge in [-0.25, -0.2) is 0 Å². The van der Waals surface area contributed by atoms with Gasteiger partial charge in [-0.05, 0) is 25.7 Å². The number of fused-ring (bicyclic) bond motifs is 2. The summed E-state index contributed by atoms with van der Waals surface area (Å²) < 4.78 is 1.77. The van der Waals surface area contributed by atoms with Gasteiger partial charge in [0, 0.05) is 12.1 Å². The van der Waals surface area contributed by atoms with E-state index in [1.807, 2.05) is 0 Å². The molecule has 0 amide bonds. The Hall–Kier alpha value is -1.14. The molecule has 6 nitrogen and oxygen atoms in total.